The molecule has 27 heavy (non-hydrogen) atoms. The van der Waals surface area contributed by atoms with Gasteiger partial charge in [-0.1, -0.05) is 42.7 Å². The number of aryl methyl sites for hydroxylation is 1. The quantitative estimate of drug-likeness (QED) is 0.730. The third-order valence-electron chi connectivity index (χ3n) is 4.78. The van der Waals surface area contributed by atoms with Gasteiger partial charge in [-0.15, -0.1) is 0 Å². The first-order valence-corrected chi connectivity index (χ1v) is 10.7. The van der Waals surface area contributed by atoms with Crippen molar-refractivity contribution < 1.29 is 17.9 Å². The Morgan fingerprint density at radius 2 is 1.52 bits per heavy atom. The molecule has 2 aromatic carbocycles. The molecule has 0 atom stereocenters. The Bertz CT molecular complexity index is 865. The molecule has 6 heteroatoms. The number of rotatable bonds is 5. The summed E-state index contributed by atoms with van der Waals surface area (Å²) < 4.78 is 32.4. The smallest absolute Gasteiger partial charge is 0.338 e. The summed E-state index contributed by atoms with van der Waals surface area (Å²) in [5, 5.41) is 0. The van der Waals surface area contributed by atoms with Crippen LogP contribution in [0.2, 0.25) is 0 Å². The second-order valence-electron chi connectivity index (χ2n) is 6.90. The molecule has 144 valence electrons. The molecule has 0 bridgehead atoms. The van der Waals surface area contributed by atoms with Gasteiger partial charge in [0.05, 0.1) is 10.5 Å². The fraction of sp³-hybridized carbons (Fsp3) is 0.381. The molecule has 2 aromatic rings. The number of hydrogen-bond donors (Lipinski definition) is 0. The highest BCUT2D eigenvalue weighted by Gasteiger charge is 2.25. The van der Waals surface area contributed by atoms with E-state index >= 15 is 0 Å². The van der Waals surface area contributed by atoms with E-state index in [9.17, 15) is 13.2 Å². The molecule has 0 unspecified atom stereocenters. The zero-order valence-electron chi connectivity index (χ0n) is 15.6. The van der Waals surface area contributed by atoms with Gasteiger partial charge >= 0.3 is 5.97 Å². The van der Waals surface area contributed by atoms with E-state index in [4.69, 9.17) is 4.74 Å². The molecule has 1 saturated heterocycles. The van der Waals surface area contributed by atoms with Crippen LogP contribution in [0.15, 0.2) is 53.4 Å². The van der Waals surface area contributed by atoms with Crippen LogP contribution in [0.3, 0.4) is 0 Å². The zero-order chi connectivity index (χ0) is 19.3. The van der Waals surface area contributed by atoms with Crippen LogP contribution in [0.25, 0.3) is 0 Å². The lowest BCUT2D eigenvalue weighted by Gasteiger charge is -2.20. The van der Waals surface area contributed by atoms with Crippen molar-refractivity contribution in [3.05, 3.63) is 65.2 Å². The van der Waals surface area contributed by atoms with Crippen LogP contribution in [0.1, 0.15) is 47.2 Å². The highest BCUT2D eigenvalue weighted by molar-refractivity contribution is 7.89. The first-order chi connectivity index (χ1) is 13.0. The summed E-state index contributed by atoms with van der Waals surface area (Å²) >= 11 is 0. The topological polar surface area (TPSA) is 63.7 Å². The predicted octanol–water partition coefficient (Wildman–Crippen LogP) is 3.92. The third-order valence-corrected chi connectivity index (χ3v) is 6.70. The van der Waals surface area contributed by atoms with Gasteiger partial charge in [-0.3, -0.25) is 0 Å². The van der Waals surface area contributed by atoms with Crippen molar-refractivity contribution in [3.8, 4) is 0 Å². The minimum absolute atomic E-state index is 0.187. The lowest BCUT2D eigenvalue weighted by atomic mass is 10.2. The summed E-state index contributed by atoms with van der Waals surface area (Å²) in [5.74, 6) is -0.464. The van der Waals surface area contributed by atoms with Crippen molar-refractivity contribution in [2.24, 2.45) is 0 Å². The average Bonchev–Trinajstić information content (AvgIpc) is 2.97. The van der Waals surface area contributed by atoms with E-state index in [1.807, 2.05) is 31.2 Å². The summed E-state index contributed by atoms with van der Waals surface area (Å²) in [6, 6.07) is 13.8. The van der Waals surface area contributed by atoms with Gasteiger partial charge in [0.25, 0.3) is 0 Å². The van der Waals surface area contributed by atoms with E-state index in [0.29, 0.717) is 18.7 Å². The van der Waals surface area contributed by atoms with Crippen LogP contribution in [-0.4, -0.2) is 31.8 Å². The average molecular weight is 388 g/mol. The molecule has 5 nitrogen and oxygen atoms in total. The van der Waals surface area contributed by atoms with Gasteiger partial charge in [0.1, 0.15) is 6.61 Å². The fourth-order valence-electron chi connectivity index (χ4n) is 3.11. The molecular weight excluding hydrogens is 362 g/mol. The molecule has 3 rings (SSSR count). The van der Waals surface area contributed by atoms with Gasteiger partial charge in [0, 0.05) is 13.1 Å². The lowest BCUT2D eigenvalue weighted by molar-refractivity contribution is 0.0472. The molecule has 0 aliphatic carbocycles. The Labute approximate surface area is 161 Å². The maximum absolute atomic E-state index is 12.8. The van der Waals surface area contributed by atoms with E-state index in [1.165, 1.54) is 24.3 Å². The molecule has 0 aromatic heterocycles. The van der Waals surface area contributed by atoms with Crippen molar-refractivity contribution in [1.29, 1.82) is 0 Å². The van der Waals surface area contributed by atoms with Gasteiger partial charge in [0.2, 0.25) is 10.0 Å². The van der Waals surface area contributed by atoms with Gasteiger partial charge < -0.3 is 4.74 Å². The molecule has 0 N–H and O–H groups in total. The number of carbonyl (C=O) groups excluding carboxylic acids is 1. The predicted molar refractivity (Wildman–Crippen MR) is 104 cm³/mol. The van der Waals surface area contributed by atoms with Crippen LogP contribution >= 0.6 is 0 Å². The number of nitrogens with zero attached hydrogens (tertiary/aromatic N) is 1. The first kappa shape index (κ1) is 19.6. The van der Waals surface area contributed by atoms with Crippen LogP contribution < -0.4 is 0 Å². The van der Waals surface area contributed by atoms with Crippen LogP contribution in [0.4, 0.5) is 0 Å². The molecular formula is C21H25NO4S. The van der Waals surface area contributed by atoms with Crippen molar-refractivity contribution in [2.75, 3.05) is 13.1 Å². The first-order valence-electron chi connectivity index (χ1n) is 9.30. The minimum Gasteiger partial charge on any atom is -0.457 e. The molecule has 0 spiro atoms. The Kier molecular flexibility index (Phi) is 6.29. The Morgan fingerprint density at radius 1 is 0.926 bits per heavy atom. The number of esters is 1. The molecule has 0 saturated carbocycles. The van der Waals surface area contributed by atoms with E-state index < -0.39 is 16.0 Å². The number of benzene rings is 2. The number of ether oxygens (including phenoxy) is 1. The summed E-state index contributed by atoms with van der Waals surface area (Å²) in [7, 11) is -3.51. The molecule has 1 heterocycles. The number of carbonyl (C=O) groups is 1. The Balaban J connectivity index is 1.65. The van der Waals surface area contributed by atoms with E-state index in [1.54, 1.807) is 4.31 Å². The molecule has 0 amide bonds. The van der Waals surface area contributed by atoms with Crippen molar-refractivity contribution in [1.82, 2.24) is 4.31 Å². The maximum Gasteiger partial charge on any atom is 0.338 e. The van der Waals surface area contributed by atoms with Crippen LogP contribution in [-0.2, 0) is 21.4 Å². The largest absolute Gasteiger partial charge is 0.457 e. The summed E-state index contributed by atoms with van der Waals surface area (Å²) in [6.45, 7) is 3.30. The maximum atomic E-state index is 12.8. The van der Waals surface area contributed by atoms with Gasteiger partial charge in [-0.25, -0.2) is 13.2 Å². The standard InChI is InChI=1S/C21H25NO4S/c1-17-6-8-18(9-7-17)16-26-21(23)19-10-12-20(13-11-19)27(24,25)22-14-4-2-3-5-15-22/h6-13H,2-5,14-16H2,1H3. The van der Waals surface area contributed by atoms with E-state index in [-0.39, 0.29) is 11.5 Å². The molecule has 1 aliphatic rings. The van der Waals surface area contributed by atoms with Crippen LogP contribution in [0, 0.1) is 6.92 Å². The van der Waals surface area contributed by atoms with Gasteiger partial charge in [-0.2, -0.15) is 4.31 Å². The highest BCUT2D eigenvalue weighted by Crippen LogP contribution is 2.21. The summed E-state index contributed by atoms with van der Waals surface area (Å²) in [5.41, 5.74) is 2.40. The van der Waals surface area contributed by atoms with Crippen molar-refractivity contribution >= 4 is 16.0 Å². The Morgan fingerprint density at radius 3 is 2.11 bits per heavy atom. The number of sulfonamides is 1. The highest BCUT2D eigenvalue weighted by atomic mass is 32.2. The van der Waals surface area contributed by atoms with Crippen LogP contribution in [0.5, 0.6) is 0 Å². The van der Waals surface area contributed by atoms with Crippen molar-refractivity contribution in [3.63, 3.8) is 0 Å². The van der Waals surface area contributed by atoms with Gasteiger partial charge in [-0.05, 0) is 49.6 Å². The van der Waals surface area contributed by atoms with E-state index in [2.05, 4.69) is 0 Å². The summed E-state index contributed by atoms with van der Waals surface area (Å²) in [4.78, 5) is 12.4. The number of hydrogen-bond acceptors (Lipinski definition) is 4. The van der Waals surface area contributed by atoms with Crippen molar-refractivity contribution in [2.45, 2.75) is 44.1 Å². The van der Waals surface area contributed by atoms with Gasteiger partial charge in [0.15, 0.2) is 0 Å². The molecule has 1 aliphatic heterocycles. The molecule has 1 fully saturated rings. The summed E-state index contributed by atoms with van der Waals surface area (Å²) in [6.07, 6.45) is 3.92. The third kappa shape index (κ3) is 4.96. The zero-order valence-corrected chi connectivity index (χ0v) is 16.4. The minimum atomic E-state index is -3.51. The second-order valence-corrected chi connectivity index (χ2v) is 8.84. The Hall–Kier alpha value is -2.18. The van der Waals surface area contributed by atoms with E-state index in [0.717, 1.165) is 36.8 Å². The second kappa shape index (κ2) is 8.67. The monoisotopic (exact) mass is 387 g/mol. The lowest BCUT2D eigenvalue weighted by Crippen LogP contribution is -2.31. The molecule has 0 radical (unpaired) electrons. The fourth-order valence-corrected chi connectivity index (χ4v) is 4.63. The normalized spacial score (nSPS) is 15.9. The SMILES string of the molecule is Cc1ccc(COC(=O)c2ccc(S(=O)(=O)N3CCCCCC3)cc2)cc1.